The van der Waals surface area contributed by atoms with Gasteiger partial charge in [0.2, 0.25) is 5.95 Å². The minimum absolute atomic E-state index is 0.0127. The van der Waals surface area contributed by atoms with Crippen LogP contribution in [0.1, 0.15) is 38.6 Å². The molecular formula is C20H24F3N7O2. The van der Waals surface area contributed by atoms with Crippen LogP contribution in [-0.2, 0) is 6.61 Å². The van der Waals surface area contributed by atoms with Crippen molar-refractivity contribution in [3.05, 3.63) is 30.4 Å². The number of pyridine rings is 1. The topological polar surface area (TPSA) is 112 Å². The van der Waals surface area contributed by atoms with Crippen molar-refractivity contribution in [1.82, 2.24) is 24.5 Å². The van der Waals surface area contributed by atoms with E-state index in [0.29, 0.717) is 23.0 Å². The second-order valence-electron chi connectivity index (χ2n) is 8.09. The summed E-state index contributed by atoms with van der Waals surface area (Å²) in [6.07, 6.45) is -2.44. The minimum Gasteiger partial charge on any atom is -0.388 e. The molecule has 4 heterocycles. The molecule has 32 heavy (non-hydrogen) atoms. The fraction of sp³-hybridized carbons (Fsp3) is 0.500. The van der Waals surface area contributed by atoms with Crippen molar-refractivity contribution in [3.63, 3.8) is 0 Å². The lowest BCUT2D eigenvalue weighted by atomic mass is 9.91. The molecule has 4 rings (SSSR count). The van der Waals surface area contributed by atoms with Crippen LogP contribution in [-0.4, -0.2) is 59.6 Å². The first-order valence-corrected chi connectivity index (χ1v) is 10.2. The van der Waals surface area contributed by atoms with Gasteiger partial charge in [-0.15, -0.1) is 0 Å². The van der Waals surface area contributed by atoms with Crippen molar-refractivity contribution in [2.75, 3.05) is 23.3 Å². The molecule has 3 N–H and O–H groups in total. The smallest absolute Gasteiger partial charge is 0.388 e. The molecular weight excluding hydrogens is 427 g/mol. The van der Waals surface area contributed by atoms with E-state index in [0.717, 1.165) is 5.52 Å². The van der Waals surface area contributed by atoms with Crippen LogP contribution in [0, 0.1) is 0 Å². The number of anilines is 3. The maximum absolute atomic E-state index is 13.0. The minimum atomic E-state index is -4.66. The Bertz CT molecular complexity index is 1110. The van der Waals surface area contributed by atoms with E-state index in [1.54, 1.807) is 23.2 Å². The number of hydrogen-bond acceptors (Lipinski definition) is 8. The van der Waals surface area contributed by atoms with Gasteiger partial charge in [0.05, 0.1) is 11.7 Å². The Labute approximate surface area is 182 Å². The van der Waals surface area contributed by atoms with Crippen molar-refractivity contribution in [2.45, 2.75) is 51.1 Å². The van der Waals surface area contributed by atoms with Crippen LogP contribution < -0.4 is 10.2 Å². The van der Waals surface area contributed by atoms with Gasteiger partial charge in [0.1, 0.15) is 29.6 Å². The van der Waals surface area contributed by atoms with Crippen LogP contribution in [0.4, 0.5) is 30.8 Å². The van der Waals surface area contributed by atoms with Crippen LogP contribution in [0.2, 0.25) is 0 Å². The zero-order chi connectivity index (χ0) is 23.1. The molecule has 0 atom stereocenters. The van der Waals surface area contributed by atoms with E-state index in [1.165, 1.54) is 6.20 Å². The third-order valence-corrected chi connectivity index (χ3v) is 5.61. The van der Waals surface area contributed by atoms with E-state index in [-0.39, 0.29) is 31.7 Å². The van der Waals surface area contributed by atoms with Crippen LogP contribution in [0.3, 0.4) is 0 Å². The molecule has 0 amide bonds. The molecule has 12 heteroatoms. The summed E-state index contributed by atoms with van der Waals surface area (Å²) in [6.45, 7) is 3.76. The maximum Gasteiger partial charge on any atom is 0.417 e. The lowest BCUT2D eigenvalue weighted by Crippen LogP contribution is -2.53. The van der Waals surface area contributed by atoms with Crippen molar-refractivity contribution in [1.29, 1.82) is 0 Å². The van der Waals surface area contributed by atoms with Crippen molar-refractivity contribution >= 4 is 28.6 Å². The van der Waals surface area contributed by atoms with Crippen LogP contribution in [0.5, 0.6) is 0 Å². The number of imidazole rings is 1. The molecule has 1 saturated heterocycles. The van der Waals surface area contributed by atoms with E-state index >= 15 is 0 Å². The summed E-state index contributed by atoms with van der Waals surface area (Å²) in [4.78, 5) is 18.9. The monoisotopic (exact) mass is 451 g/mol. The highest BCUT2D eigenvalue weighted by Gasteiger charge is 2.54. The van der Waals surface area contributed by atoms with Crippen LogP contribution >= 0.6 is 0 Å². The molecule has 1 aliphatic heterocycles. The van der Waals surface area contributed by atoms with Gasteiger partial charge >= 0.3 is 6.18 Å². The summed E-state index contributed by atoms with van der Waals surface area (Å²) in [5.41, 5.74) is -1.22. The lowest BCUT2D eigenvalue weighted by Gasteiger charge is -2.39. The number of aliphatic hydroxyl groups excluding tert-OH is 1. The summed E-state index contributed by atoms with van der Waals surface area (Å²) in [7, 11) is 0. The van der Waals surface area contributed by atoms with Gasteiger partial charge in [-0.05, 0) is 19.9 Å². The molecule has 0 spiro atoms. The highest BCUT2D eigenvalue weighted by atomic mass is 19.4. The van der Waals surface area contributed by atoms with E-state index in [2.05, 4.69) is 25.3 Å². The Balaban J connectivity index is 1.54. The molecule has 0 aliphatic carbocycles. The first-order valence-electron chi connectivity index (χ1n) is 10.2. The summed E-state index contributed by atoms with van der Waals surface area (Å²) < 4.78 is 41.0. The molecule has 172 valence electrons. The number of alkyl halides is 3. The van der Waals surface area contributed by atoms with Gasteiger partial charge in [0.25, 0.3) is 0 Å². The summed E-state index contributed by atoms with van der Waals surface area (Å²) in [5, 5.41) is 22.5. The van der Waals surface area contributed by atoms with Gasteiger partial charge in [-0.1, -0.05) is 0 Å². The number of halogens is 3. The zero-order valence-electron chi connectivity index (χ0n) is 17.6. The lowest BCUT2D eigenvalue weighted by molar-refractivity contribution is -0.266. The number of rotatable bonds is 5. The Kier molecular flexibility index (Phi) is 5.67. The molecule has 1 fully saturated rings. The van der Waals surface area contributed by atoms with Crippen molar-refractivity contribution in [3.8, 4) is 0 Å². The van der Waals surface area contributed by atoms with E-state index in [9.17, 15) is 23.4 Å². The highest BCUT2D eigenvalue weighted by Crippen LogP contribution is 2.38. The normalized spacial score (nSPS) is 16.7. The van der Waals surface area contributed by atoms with Crippen LogP contribution in [0.15, 0.2) is 24.5 Å². The average Bonchev–Trinajstić information content (AvgIpc) is 3.12. The number of hydrogen-bond donors (Lipinski definition) is 3. The Hall–Kier alpha value is -2.99. The largest absolute Gasteiger partial charge is 0.417 e. The SMILES string of the molecule is CC(C)n1c(CO)nc2cnc(Nc3ccnc(N4CCC(O)(C(F)(F)F)CC4)n3)cc21. The maximum atomic E-state index is 13.0. The summed E-state index contributed by atoms with van der Waals surface area (Å²) in [5.74, 6) is 1.74. The van der Waals surface area contributed by atoms with E-state index in [1.807, 2.05) is 18.4 Å². The van der Waals surface area contributed by atoms with Gasteiger partial charge in [-0.2, -0.15) is 18.2 Å². The molecule has 0 aromatic carbocycles. The van der Waals surface area contributed by atoms with Crippen molar-refractivity contribution in [2.24, 2.45) is 0 Å². The number of aromatic nitrogens is 5. The molecule has 9 nitrogen and oxygen atoms in total. The predicted octanol–water partition coefficient (Wildman–Crippen LogP) is 2.93. The van der Waals surface area contributed by atoms with E-state index in [4.69, 9.17) is 0 Å². The van der Waals surface area contributed by atoms with Gasteiger partial charge in [0, 0.05) is 44.2 Å². The third kappa shape index (κ3) is 4.07. The second kappa shape index (κ2) is 8.17. The Morgan fingerprint density at radius 3 is 2.50 bits per heavy atom. The van der Waals surface area contributed by atoms with Crippen molar-refractivity contribution < 1.29 is 23.4 Å². The first-order chi connectivity index (χ1) is 15.1. The summed E-state index contributed by atoms with van der Waals surface area (Å²) in [6, 6.07) is 3.51. The quantitative estimate of drug-likeness (QED) is 0.543. The number of nitrogens with one attached hydrogen (secondary N) is 1. The van der Waals surface area contributed by atoms with Gasteiger partial charge in [-0.3, -0.25) is 0 Å². The first kappa shape index (κ1) is 22.2. The third-order valence-electron chi connectivity index (χ3n) is 5.61. The Morgan fingerprint density at radius 2 is 1.88 bits per heavy atom. The van der Waals surface area contributed by atoms with Gasteiger partial charge < -0.3 is 25.0 Å². The molecule has 0 saturated carbocycles. The number of aliphatic hydroxyl groups is 2. The summed E-state index contributed by atoms with van der Waals surface area (Å²) >= 11 is 0. The molecule has 1 aliphatic rings. The number of piperidine rings is 1. The van der Waals surface area contributed by atoms with Gasteiger partial charge in [0.15, 0.2) is 5.60 Å². The van der Waals surface area contributed by atoms with Crippen LogP contribution in [0.25, 0.3) is 11.0 Å². The standard InChI is InChI=1S/C20H24F3N7O2/c1-12(2)30-14-9-16(25-10-13(14)26-17(30)11-31)27-15-3-6-24-18(28-15)29-7-4-19(32,5-8-29)20(21,22)23/h3,6,9-10,12,31-32H,4-5,7-8,11H2,1-2H3,(H,24,25,27,28). The zero-order valence-corrected chi connectivity index (χ0v) is 17.6. The Morgan fingerprint density at radius 1 is 1.16 bits per heavy atom. The van der Waals surface area contributed by atoms with Gasteiger partial charge in [-0.25, -0.2) is 15.0 Å². The number of fused-ring (bicyclic) bond motifs is 1. The predicted molar refractivity (Wildman–Crippen MR) is 112 cm³/mol. The molecule has 0 unspecified atom stereocenters. The molecule has 0 radical (unpaired) electrons. The fourth-order valence-corrected chi connectivity index (χ4v) is 3.87. The van der Waals surface area contributed by atoms with E-state index < -0.39 is 24.6 Å². The highest BCUT2D eigenvalue weighted by molar-refractivity contribution is 5.79. The molecule has 3 aromatic heterocycles. The molecule has 3 aromatic rings. The molecule has 0 bridgehead atoms. The number of nitrogens with zero attached hydrogens (tertiary/aromatic N) is 6. The second-order valence-corrected chi connectivity index (χ2v) is 8.09. The average molecular weight is 451 g/mol. The fourth-order valence-electron chi connectivity index (χ4n) is 3.87.